The Hall–Kier alpha value is -1.59. The van der Waals surface area contributed by atoms with Crippen molar-refractivity contribution in [1.82, 2.24) is 10.2 Å². The standard InChI is InChI=1S/C19H28N2O3/c1-19(2,3)24-18(22)20-15-13-21(12-14-8-5-4-6-9-14)16-10-7-11-23-17(15)16/h4-6,8-9,15-17H,7,10-13H2,1-3H3,(H,20,22). The van der Waals surface area contributed by atoms with E-state index in [1.807, 2.05) is 26.8 Å². The minimum Gasteiger partial charge on any atom is -0.444 e. The lowest BCUT2D eigenvalue weighted by molar-refractivity contribution is -0.0236. The van der Waals surface area contributed by atoms with E-state index >= 15 is 0 Å². The van der Waals surface area contributed by atoms with Crippen LogP contribution in [0.2, 0.25) is 0 Å². The molecule has 0 saturated carbocycles. The van der Waals surface area contributed by atoms with Crippen molar-refractivity contribution in [3.63, 3.8) is 0 Å². The number of nitrogens with zero attached hydrogens (tertiary/aromatic N) is 1. The maximum Gasteiger partial charge on any atom is 0.408 e. The van der Waals surface area contributed by atoms with Crippen LogP contribution in [0.3, 0.4) is 0 Å². The Labute approximate surface area is 144 Å². The zero-order valence-electron chi connectivity index (χ0n) is 14.8. The summed E-state index contributed by atoms with van der Waals surface area (Å²) in [4.78, 5) is 14.6. The molecule has 2 aliphatic heterocycles. The summed E-state index contributed by atoms with van der Waals surface area (Å²) in [5, 5.41) is 3.02. The second kappa shape index (κ2) is 7.11. The molecule has 1 aromatic carbocycles. The maximum atomic E-state index is 12.1. The summed E-state index contributed by atoms with van der Waals surface area (Å²) in [5.41, 5.74) is 0.805. The zero-order chi connectivity index (χ0) is 17.2. The number of hydrogen-bond acceptors (Lipinski definition) is 4. The monoisotopic (exact) mass is 332 g/mol. The predicted molar refractivity (Wildman–Crippen MR) is 92.8 cm³/mol. The lowest BCUT2D eigenvalue weighted by atomic mass is 10.0. The highest BCUT2D eigenvalue weighted by molar-refractivity contribution is 5.68. The maximum absolute atomic E-state index is 12.1. The van der Waals surface area contributed by atoms with Gasteiger partial charge in [0, 0.05) is 25.7 Å². The third-order valence-corrected chi connectivity index (χ3v) is 4.56. The molecule has 3 rings (SSSR count). The van der Waals surface area contributed by atoms with Crippen molar-refractivity contribution < 1.29 is 14.3 Å². The fourth-order valence-electron chi connectivity index (χ4n) is 3.64. The minimum atomic E-state index is -0.487. The van der Waals surface area contributed by atoms with Gasteiger partial charge in [-0.2, -0.15) is 0 Å². The summed E-state index contributed by atoms with van der Waals surface area (Å²) in [5.74, 6) is 0. The number of hydrogen-bond donors (Lipinski definition) is 1. The van der Waals surface area contributed by atoms with Crippen molar-refractivity contribution in [3.05, 3.63) is 35.9 Å². The molecule has 3 atom stereocenters. The Kier molecular flexibility index (Phi) is 5.11. The topological polar surface area (TPSA) is 50.8 Å². The minimum absolute atomic E-state index is 0.0196. The van der Waals surface area contributed by atoms with Gasteiger partial charge in [-0.1, -0.05) is 30.3 Å². The van der Waals surface area contributed by atoms with Crippen LogP contribution in [0.15, 0.2) is 30.3 Å². The molecule has 24 heavy (non-hydrogen) atoms. The summed E-state index contributed by atoms with van der Waals surface area (Å²) in [7, 11) is 0. The van der Waals surface area contributed by atoms with E-state index in [1.54, 1.807) is 0 Å². The number of rotatable bonds is 3. The third kappa shape index (κ3) is 4.28. The Morgan fingerprint density at radius 1 is 1.33 bits per heavy atom. The van der Waals surface area contributed by atoms with E-state index < -0.39 is 5.60 Å². The molecule has 2 aliphatic rings. The zero-order valence-corrected chi connectivity index (χ0v) is 14.8. The number of alkyl carbamates (subject to hydrolysis) is 1. The number of ether oxygens (including phenoxy) is 2. The van der Waals surface area contributed by atoms with Gasteiger partial charge in [0.1, 0.15) is 5.60 Å². The van der Waals surface area contributed by atoms with Gasteiger partial charge in [-0.05, 0) is 39.2 Å². The quantitative estimate of drug-likeness (QED) is 0.925. The van der Waals surface area contributed by atoms with Crippen LogP contribution in [-0.2, 0) is 16.0 Å². The van der Waals surface area contributed by atoms with Gasteiger partial charge in [-0.25, -0.2) is 4.79 Å². The Morgan fingerprint density at radius 2 is 2.08 bits per heavy atom. The predicted octanol–water partition coefficient (Wildman–Crippen LogP) is 2.94. The van der Waals surface area contributed by atoms with Gasteiger partial charge in [0.05, 0.1) is 12.1 Å². The van der Waals surface area contributed by atoms with Crippen LogP contribution >= 0.6 is 0 Å². The van der Waals surface area contributed by atoms with Crippen LogP contribution in [-0.4, -0.2) is 47.9 Å². The van der Waals surface area contributed by atoms with Crippen LogP contribution in [0, 0.1) is 0 Å². The van der Waals surface area contributed by atoms with Crippen LogP contribution in [0.1, 0.15) is 39.2 Å². The fourth-order valence-corrected chi connectivity index (χ4v) is 3.64. The molecule has 2 saturated heterocycles. The Bertz CT molecular complexity index is 555. The van der Waals surface area contributed by atoms with E-state index in [1.165, 1.54) is 5.56 Å². The second-order valence-electron chi connectivity index (χ2n) is 7.71. The van der Waals surface area contributed by atoms with Gasteiger partial charge >= 0.3 is 6.09 Å². The van der Waals surface area contributed by atoms with Crippen molar-refractivity contribution in [2.24, 2.45) is 0 Å². The first-order valence-electron chi connectivity index (χ1n) is 8.81. The highest BCUT2D eigenvalue weighted by Gasteiger charge is 2.44. The lowest BCUT2D eigenvalue weighted by Crippen LogP contribution is -2.48. The molecule has 0 aliphatic carbocycles. The number of amides is 1. The van der Waals surface area contributed by atoms with Gasteiger partial charge in [0.15, 0.2) is 0 Å². The van der Waals surface area contributed by atoms with E-state index in [-0.39, 0.29) is 18.2 Å². The van der Waals surface area contributed by atoms with Gasteiger partial charge < -0.3 is 14.8 Å². The van der Waals surface area contributed by atoms with Gasteiger partial charge in [0.25, 0.3) is 0 Å². The molecule has 2 heterocycles. The fraction of sp³-hybridized carbons (Fsp3) is 0.632. The van der Waals surface area contributed by atoms with Crippen LogP contribution in [0.25, 0.3) is 0 Å². The Balaban J connectivity index is 1.66. The summed E-state index contributed by atoms with van der Waals surface area (Å²) >= 11 is 0. The van der Waals surface area contributed by atoms with Crippen molar-refractivity contribution in [2.45, 2.75) is 63.9 Å². The molecule has 0 spiro atoms. The summed E-state index contributed by atoms with van der Waals surface area (Å²) in [6, 6.07) is 10.8. The first kappa shape index (κ1) is 17.2. The number of carbonyl (C=O) groups is 1. The molecule has 0 bridgehead atoms. The molecule has 5 nitrogen and oxygen atoms in total. The average molecular weight is 332 g/mol. The summed E-state index contributed by atoms with van der Waals surface area (Å²) in [6.07, 6.45) is 1.88. The SMILES string of the molecule is CC(C)(C)OC(=O)NC1CN(Cc2ccccc2)C2CCCOC12. The largest absolute Gasteiger partial charge is 0.444 e. The van der Waals surface area contributed by atoms with Crippen LogP contribution in [0.5, 0.6) is 0 Å². The number of benzene rings is 1. The van der Waals surface area contributed by atoms with Crippen molar-refractivity contribution in [3.8, 4) is 0 Å². The molecule has 1 aromatic rings. The first-order valence-corrected chi connectivity index (χ1v) is 8.81. The normalized spacial score (nSPS) is 27.5. The highest BCUT2D eigenvalue weighted by atomic mass is 16.6. The molecule has 3 unspecified atom stereocenters. The van der Waals surface area contributed by atoms with Gasteiger partial charge in [0.2, 0.25) is 0 Å². The van der Waals surface area contributed by atoms with Crippen molar-refractivity contribution >= 4 is 6.09 Å². The third-order valence-electron chi connectivity index (χ3n) is 4.56. The Morgan fingerprint density at radius 3 is 2.79 bits per heavy atom. The van der Waals surface area contributed by atoms with Crippen LogP contribution < -0.4 is 5.32 Å². The van der Waals surface area contributed by atoms with Crippen molar-refractivity contribution in [1.29, 1.82) is 0 Å². The van der Waals surface area contributed by atoms with E-state index in [4.69, 9.17) is 9.47 Å². The molecule has 0 aromatic heterocycles. The van der Waals surface area contributed by atoms with E-state index in [0.717, 1.165) is 32.5 Å². The molecular weight excluding hydrogens is 304 g/mol. The van der Waals surface area contributed by atoms with E-state index in [9.17, 15) is 4.79 Å². The summed E-state index contributed by atoms with van der Waals surface area (Å²) < 4.78 is 11.4. The van der Waals surface area contributed by atoms with Crippen LogP contribution in [0.4, 0.5) is 4.79 Å². The van der Waals surface area contributed by atoms with E-state index in [2.05, 4.69) is 34.5 Å². The highest BCUT2D eigenvalue weighted by Crippen LogP contribution is 2.30. The second-order valence-corrected chi connectivity index (χ2v) is 7.71. The number of fused-ring (bicyclic) bond motifs is 1. The van der Waals surface area contributed by atoms with Gasteiger partial charge in [-0.3, -0.25) is 4.90 Å². The van der Waals surface area contributed by atoms with Gasteiger partial charge in [-0.15, -0.1) is 0 Å². The lowest BCUT2D eigenvalue weighted by Gasteiger charge is -2.32. The smallest absolute Gasteiger partial charge is 0.408 e. The molecule has 1 N–H and O–H groups in total. The molecule has 0 radical (unpaired) electrons. The van der Waals surface area contributed by atoms with Crippen molar-refractivity contribution in [2.75, 3.05) is 13.2 Å². The molecule has 132 valence electrons. The molecule has 5 heteroatoms. The van der Waals surface area contributed by atoms with E-state index in [0.29, 0.717) is 6.04 Å². The first-order chi connectivity index (χ1) is 11.4. The molecular formula is C19H28N2O3. The molecule has 2 fully saturated rings. The summed E-state index contributed by atoms with van der Waals surface area (Å²) in [6.45, 7) is 8.09. The average Bonchev–Trinajstić information content (AvgIpc) is 2.85. The number of carbonyl (C=O) groups excluding carboxylic acids is 1. The number of nitrogens with one attached hydrogen (secondary N) is 1. The molecule has 1 amide bonds. The number of likely N-dealkylation sites (tertiary alicyclic amines) is 1.